The lowest BCUT2D eigenvalue weighted by molar-refractivity contribution is -0.120. The molecule has 2 nitrogen and oxygen atoms in total. The van der Waals surface area contributed by atoms with Gasteiger partial charge < -0.3 is 5.32 Å². The lowest BCUT2D eigenvalue weighted by atomic mass is 10.1. The molecule has 0 unspecified atom stereocenters. The molecule has 1 aromatic carbocycles. The molecule has 2 heteroatoms. The van der Waals surface area contributed by atoms with E-state index in [-0.39, 0.29) is 5.91 Å². The van der Waals surface area contributed by atoms with E-state index in [4.69, 9.17) is 6.42 Å². The fourth-order valence-corrected chi connectivity index (χ4v) is 1.46. The molecule has 1 aromatic rings. The van der Waals surface area contributed by atoms with Crippen LogP contribution in [-0.4, -0.2) is 11.9 Å². The lowest BCUT2D eigenvalue weighted by Gasteiger charge is -2.03. The molecule has 1 N–H and O–H groups in total. The van der Waals surface area contributed by atoms with E-state index in [2.05, 4.69) is 11.2 Å². The predicted molar refractivity (Wildman–Crippen MR) is 59.2 cm³/mol. The fraction of sp³-hybridized carbons (Fsp3) is 0.308. The Morgan fingerprint density at radius 2 is 2.33 bits per heavy atom. The SMILES string of the molecule is C#Cc1cccc(CC(=O)NC2CC2)c1. The van der Waals surface area contributed by atoms with E-state index < -0.39 is 0 Å². The third-order valence-electron chi connectivity index (χ3n) is 2.40. The smallest absolute Gasteiger partial charge is 0.224 e. The Morgan fingerprint density at radius 1 is 1.53 bits per heavy atom. The van der Waals surface area contributed by atoms with Gasteiger partial charge in [0.15, 0.2) is 0 Å². The second-order valence-corrected chi connectivity index (χ2v) is 3.86. The van der Waals surface area contributed by atoms with Gasteiger partial charge in [0.2, 0.25) is 5.91 Å². The van der Waals surface area contributed by atoms with Crippen LogP contribution in [0, 0.1) is 12.3 Å². The topological polar surface area (TPSA) is 29.1 Å². The summed E-state index contributed by atoms with van der Waals surface area (Å²) in [6.07, 6.45) is 7.95. The average Bonchev–Trinajstić information content (AvgIpc) is 3.02. The van der Waals surface area contributed by atoms with Crippen LogP contribution in [0.25, 0.3) is 0 Å². The van der Waals surface area contributed by atoms with Crippen LogP contribution in [0.15, 0.2) is 24.3 Å². The highest BCUT2D eigenvalue weighted by Crippen LogP contribution is 2.18. The second-order valence-electron chi connectivity index (χ2n) is 3.86. The van der Waals surface area contributed by atoms with Gasteiger partial charge in [-0.05, 0) is 30.5 Å². The molecule has 1 amide bonds. The number of rotatable bonds is 3. The second kappa shape index (κ2) is 4.18. The van der Waals surface area contributed by atoms with Gasteiger partial charge in [0.05, 0.1) is 6.42 Å². The molecule has 0 spiro atoms. The van der Waals surface area contributed by atoms with Crippen molar-refractivity contribution < 1.29 is 4.79 Å². The zero-order chi connectivity index (χ0) is 10.7. The molecule has 2 rings (SSSR count). The molecule has 0 aromatic heterocycles. The monoisotopic (exact) mass is 199 g/mol. The summed E-state index contributed by atoms with van der Waals surface area (Å²) in [4.78, 5) is 11.5. The molecular formula is C13H13NO. The maximum atomic E-state index is 11.5. The zero-order valence-electron chi connectivity index (χ0n) is 8.49. The maximum absolute atomic E-state index is 11.5. The molecular weight excluding hydrogens is 186 g/mol. The van der Waals surface area contributed by atoms with Gasteiger partial charge in [-0.25, -0.2) is 0 Å². The van der Waals surface area contributed by atoms with Crippen molar-refractivity contribution >= 4 is 5.91 Å². The average molecular weight is 199 g/mol. The largest absolute Gasteiger partial charge is 0.353 e. The molecule has 0 saturated heterocycles. The van der Waals surface area contributed by atoms with Crippen molar-refractivity contribution in [2.75, 3.05) is 0 Å². The van der Waals surface area contributed by atoms with Crippen LogP contribution in [0.2, 0.25) is 0 Å². The van der Waals surface area contributed by atoms with E-state index in [9.17, 15) is 4.79 Å². The van der Waals surface area contributed by atoms with Crippen LogP contribution in [0.1, 0.15) is 24.0 Å². The summed E-state index contributed by atoms with van der Waals surface area (Å²) in [5.74, 6) is 2.65. The Morgan fingerprint density at radius 3 is 3.00 bits per heavy atom. The Balaban J connectivity index is 1.97. The Hall–Kier alpha value is -1.75. The van der Waals surface area contributed by atoms with Gasteiger partial charge in [-0.2, -0.15) is 0 Å². The number of carbonyl (C=O) groups excluding carboxylic acids is 1. The highest BCUT2D eigenvalue weighted by molar-refractivity contribution is 5.79. The molecule has 15 heavy (non-hydrogen) atoms. The van der Waals surface area contributed by atoms with Gasteiger partial charge in [0.25, 0.3) is 0 Å². The van der Waals surface area contributed by atoms with E-state index in [1.54, 1.807) is 0 Å². The van der Waals surface area contributed by atoms with Crippen molar-refractivity contribution in [3.8, 4) is 12.3 Å². The summed E-state index contributed by atoms with van der Waals surface area (Å²) in [5, 5.41) is 2.95. The zero-order valence-corrected chi connectivity index (χ0v) is 8.49. The summed E-state index contributed by atoms with van der Waals surface area (Å²) in [6, 6.07) is 7.98. The number of nitrogens with one attached hydrogen (secondary N) is 1. The number of hydrogen-bond donors (Lipinski definition) is 1. The minimum atomic E-state index is 0.0895. The molecule has 0 atom stereocenters. The molecule has 0 aliphatic heterocycles. The van der Waals surface area contributed by atoms with E-state index in [1.165, 1.54) is 0 Å². The van der Waals surface area contributed by atoms with Gasteiger partial charge in [-0.15, -0.1) is 6.42 Å². The number of hydrogen-bond acceptors (Lipinski definition) is 1. The van der Waals surface area contributed by atoms with Crippen LogP contribution >= 0.6 is 0 Å². The molecule has 0 heterocycles. The van der Waals surface area contributed by atoms with E-state index in [0.29, 0.717) is 12.5 Å². The van der Waals surface area contributed by atoms with Crippen molar-refractivity contribution in [3.05, 3.63) is 35.4 Å². The fourth-order valence-electron chi connectivity index (χ4n) is 1.46. The maximum Gasteiger partial charge on any atom is 0.224 e. The summed E-state index contributed by atoms with van der Waals surface area (Å²) in [6.45, 7) is 0. The number of benzene rings is 1. The van der Waals surface area contributed by atoms with Crippen LogP contribution in [0.4, 0.5) is 0 Å². The molecule has 1 aliphatic carbocycles. The third-order valence-corrected chi connectivity index (χ3v) is 2.40. The first-order chi connectivity index (χ1) is 7.28. The van der Waals surface area contributed by atoms with Crippen LogP contribution in [0.3, 0.4) is 0 Å². The van der Waals surface area contributed by atoms with Gasteiger partial charge in [-0.1, -0.05) is 18.1 Å². The lowest BCUT2D eigenvalue weighted by Crippen LogP contribution is -2.26. The first kappa shape index (κ1) is 9.79. The van der Waals surface area contributed by atoms with E-state index >= 15 is 0 Å². The van der Waals surface area contributed by atoms with Gasteiger partial charge in [0.1, 0.15) is 0 Å². The molecule has 1 aliphatic rings. The first-order valence-corrected chi connectivity index (χ1v) is 5.13. The van der Waals surface area contributed by atoms with Crippen LogP contribution in [0.5, 0.6) is 0 Å². The highest BCUT2D eigenvalue weighted by atomic mass is 16.1. The normalized spacial score (nSPS) is 14.3. The molecule has 1 fully saturated rings. The Kier molecular flexibility index (Phi) is 2.73. The van der Waals surface area contributed by atoms with E-state index in [0.717, 1.165) is 24.0 Å². The van der Waals surface area contributed by atoms with Gasteiger partial charge in [0, 0.05) is 11.6 Å². The van der Waals surface area contributed by atoms with Gasteiger partial charge >= 0.3 is 0 Å². The first-order valence-electron chi connectivity index (χ1n) is 5.13. The number of amides is 1. The van der Waals surface area contributed by atoms with Gasteiger partial charge in [-0.3, -0.25) is 4.79 Å². The van der Waals surface area contributed by atoms with Crippen LogP contribution in [-0.2, 0) is 11.2 Å². The minimum absolute atomic E-state index is 0.0895. The van der Waals surface area contributed by atoms with Crippen molar-refractivity contribution in [2.45, 2.75) is 25.3 Å². The summed E-state index contributed by atoms with van der Waals surface area (Å²) < 4.78 is 0. The van der Waals surface area contributed by atoms with Crippen LogP contribution < -0.4 is 5.32 Å². The summed E-state index contributed by atoms with van der Waals surface area (Å²) in [5.41, 5.74) is 1.80. The van der Waals surface area contributed by atoms with Crippen molar-refractivity contribution in [2.24, 2.45) is 0 Å². The van der Waals surface area contributed by atoms with Crippen molar-refractivity contribution in [1.82, 2.24) is 5.32 Å². The predicted octanol–water partition coefficient (Wildman–Crippen LogP) is 1.49. The summed E-state index contributed by atoms with van der Waals surface area (Å²) in [7, 11) is 0. The Labute approximate surface area is 89.7 Å². The third kappa shape index (κ3) is 2.85. The molecule has 0 bridgehead atoms. The summed E-state index contributed by atoms with van der Waals surface area (Å²) >= 11 is 0. The quantitative estimate of drug-likeness (QED) is 0.734. The highest BCUT2D eigenvalue weighted by Gasteiger charge is 2.22. The molecule has 1 saturated carbocycles. The number of terminal acetylenes is 1. The van der Waals surface area contributed by atoms with Crippen molar-refractivity contribution in [3.63, 3.8) is 0 Å². The Bertz CT molecular complexity index is 413. The molecule has 76 valence electrons. The minimum Gasteiger partial charge on any atom is -0.353 e. The molecule has 0 radical (unpaired) electrons. The van der Waals surface area contributed by atoms with Crippen molar-refractivity contribution in [1.29, 1.82) is 0 Å². The van der Waals surface area contributed by atoms with E-state index in [1.807, 2.05) is 24.3 Å². The standard InChI is InChI=1S/C13H13NO/c1-2-10-4-3-5-11(8-10)9-13(15)14-12-6-7-12/h1,3-5,8,12H,6-7,9H2,(H,14,15). The number of carbonyl (C=O) groups is 1.